The van der Waals surface area contributed by atoms with E-state index in [2.05, 4.69) is 0 Å². The maximum absolute atomic E-state index is 11.8. The van der Waals surface area contributed by atoms with Crippen molar-refractivity contribution in [3.05, 3.63) is 29.3 Å². The normalized spacial score (nSPS) is 19.4. The van der Waals surface area contributed by atoms with Gasteiger partial charge in [0.25, 0.3) is 5.91 Å². The van der Waals surface area contributed by atoms with Crippen LogP contribution < -0.4 is 4.74 Å². The van der Waals surface area contributed by atoms with Crippen LogP contribution >= 0.6 is 23.2 Å². The van der Waals surface area contributed by atoms with Crippen molar-refractivity contribution in [1.29, 1.82) is 0 Å². The monoisotopic (exact) mass is 273 g/mol. The van der Waals surface area contributed by atoms with E-state index in [0.29, 0.717) is 23.9 Å². The lowest BCUT2D eigenvalue weighted by Crippen LogP contribution is -2.33. The Hall–Kier alpha value is -0.930. The van der Waals surface area contributed by atoms with Crippen LogP contribution in [0.1, 0.15) is 6.42 Å². The van der Waals surface area contributed by atoms with Gasteiger partial charge in [-0.15, -0.1) is 11.6 Å². The molecular formula is C12H13Cl2NO2. The molecule has 17 heavy (non-hydrogen) atoms. The molecule has 1 fully saturated rings. The minimum atomic E-state index is -0.0341. The third-order valence-electron chi connectivity index (χ3n) is 2.64. The molecule has 1 aliphatic rings. The van der Waals surface area contributed by atoms with Gasteiger partial charge in [0.1, 0.15) is 5.75 Å². The summed E-state index contributed by atoms with van der Waals surface area (Å²) < 4.78 is 5.38. The van der Waals surface area contributed by atoms with Gasteiger partial charge in [-0.1, -0.05) is 17.7 Å². The summed E-state index contributed by atoms with van der Waals surface area (Å²) in [5, 5.41) is 0.669. The fourth-order valence-corrected chi connectivity index (χ4v) is 2.18. The van der Waals surface area contributed by atoms with Gasteiger partial charge in [0.15, 0.2) is 6.61 Å². The van der Waals surface area contributed by atoms with Crippen LogP contribution in [0.25, 0.3) is 0 Å². The smallest absolute Gasteiger partial charge is 0.260 e. The van der Waals surface area contributed by atoms with E-state index in [0.717, 1.165) is 6.42 Å². The maximum Gasteiger partial charge on any atom is 0.260 e. The molecule has 1 aromatic rings. The molecule has 0 bridgehead atoms. The van der Waals surface area contributed by atoms with Crippen LogP contribution in [-0.4, -0.2) is 35.9 Å². The fourth-order valence-electron chi connectivity index (χ4n) is 1.74. The molecule has 0 aromatic heterocycles. The number of carbonyl (C=O) groups excluding carboxylic acids is 1. The van der Waals surface area contributed by atoms with Crippen molar-refractivity contribution in [3.8, 4) is 5.75 Å². The van der Waals surface area contributed by atoms with Crippen LogP contribution in [0.5, 0.6) is 5.75 Å². The molecule has 0 N–H and O–H groups in total. The Kier molecular flexibility index (Phi) is 4.13. The van der Waals surface area contributed by atoms with E-state index >= 15 is 0 Å². The highest BCUT2D eigenvalue weighted by atomic mass is 35.5. The lowest BCUT2D eigenvalue weighted by molar-refractivity contribution is -0.132. The van der Waals surface area contributed by atoms with E-state index in [1.54, 1.807) is 29.2 Å². The molecule has 1 atom stereocenters. The highest BCUT2D eigenvalue weighted by molar-refractivity contribution is 6.30. The summed E-state index contributed by atoms with van der Waals surface area (Å²) in [5.41, 5.74) is 0. The first-order valence-corrected chi connectivity index (χ1v) is 6.27. The number of amides is 1. The Labute approximate surface area is 110 Å². The minimum Gasteiger partial charge on any atom is -0.484 e. The summed E-state index contributed by atoms with van der Waals surface area (Å²) in [7, 11) is 0. The molecule has 3 nitrogen and oxygen atoms in total. The highest BCUT2D eigenvalue weighted by Crippen LogP contribution is 2.18. The molecule has 5 heteroatoms. The minimum absolute atomic E-state index is 0.0317. The third kappa shape index (κ3) is 3.51. The molecule has 1 aliphatic heterocycles. The summed E-state index contributed by atoms with van der Waals surface area (Å²) in [6.07, 6.45) is 0.852. The second-order valence-electron chi connectivity index (χ2n) is 3.97. The van der Waals surface area contributed by atoms with Crippen molar-refractivity contribution in [2.24, 2.45) is 0 Å². The zero-order valence-electron chi connectivity index (χ0n) is 9.23. The van der Waals surface area contributed by atoms with E-state index in [9.17, 15) is 4.79 Å². The summed E-state index contributed by atoms with van der Waals surface area (Å²) in [4.78, 5) is 13.5. The van der Waals surface area contributed by atoms with Gasteiger partial charge in [-0.05, 0) is 24.6 Å². The van der Waals surface area contributed by atoms with Crippen LogP contribution in [0.4, 0.5) is 0 Å². The van der Waals surface area contributed by atoms with Gasteiger partial charge in [-0.2, -0.15) is 0 Å². The van der Waals surface area contributed by atoms with E-state index in [1.807, 2.05) is 0 Å². The molecule has 2 rings (SSSR count). The number of alkyl halides is 1. The van der Waals surface area contributed by atoms with Crippen molar-refractivity contribution in [1.82, 2.24) is 4.90 Å². The number of hydrogen-bond acceptors (Lipinski definition) is 2. The van der Waals surface area contributed by atoms with Gasteiger partial charge in [0.2, 0.25) is 0 Å². The Balaban J connectivity index is 1.84. The van der Waals surface area contributed by atoms with Crippen molar-refractivity contribution in [3.63, 3.8) is 0 Å². The zero-order chi connectivity index (χ0) is 12.3. The number of hydrogen-bond donors (Lipinski definition) is 0. The van der Waals surface area contributed by atoms with E-state index in [1.165, 1.54) is 0 Å². The van der Waals surface area contributed by atoms with Gasteiger partial charge >= 0.3 is 0 Å². The summed E-state index contributed by atoms with van der Waals surface area (Å²) in [6, 6.07) is 7.00. The SMILES string of the molecule is O=C(COc1cccc(Cl)c1)N1CCC(Cl)C1. The predicted molar refractivity (Wildman–Crippen MR) is 67.8 cm³/mol. The molecule has 1 saturated heterocycles. The van der Waals surface area contributed by atoms with Gasteiger partial charge in [-0.25, -0.2) is 0 Å². The Morgan fingerprint density at radius 2 is 2.35 bits per heavy atom. The topological polar surface area (TPSA) is 29.5 Å². The molecule has 1 unspecified atom stereocenters. The standard InChI is InChI=1S/C12H13Cl2NO2/c13-9-2-1-3-11(6-9)17-8-12(16)15-5-4-10(14)7-15/h1-3,6,10H,4-5,7-8H2. The van der Waals surface area contributed by atoms with E-state index in [4.69, 9.17) is 27.9 Å². The second kappa shape index (κ2) is 5.61. The Bertz CT molecular complexity index is 411. The molecule has 0 radical (unpaired) electrons. The number of nitrogens with zero attached hydrogens (tertiary/aromatic N) is 1. The van der Waals surface area contributed by atoms with Gasteiger partial charge in [-0.3, -0.25) is 4.79 Å². The number of halogens is 2. The molecule has 1 aromatic carbocycles. The highest BCUT2D eigenvalue weighted by Gasteiger charge is 2.24. The number of likely N-dealkylation sites (tertiary alicyclic amines) is 1. The number of carbonyl (C=O) groups is 1. The van der Waals surface area contributed by atoms with Gasteiger partial charge in [0.05, 0.1) is 5.38 Å². The molecule has 1 heterocycles. The molecule has 92 valence electrons. The number of ether oxygens (including phenoxy) is 1. The first-order valence-electron chi connectivity index (χ1n) is 5.45. The second-order valence-corrected chi connectivity index (χ2v) is 5.03. The van der Waals surface area contributed by atoms with Crippen LogP contribution in [0.3, 0.4) is 0 Å². The first kappa shape index (κ1) is 12.5. The van der Waals surface area contributed by atoms with Gasteiger partial charge < -0.3 is 9.64 Å². The van der Waals surface area contributed by atoms with Crippen molar-refractivity contribution >= 4 is 29.1 Å². The average molecular weight is 274 g/mol. The predicted octanol–water partition coefficient (Wildman–Crippen LogP) is 2.56. The molecular weight excluding hydrogens is 261 g/mol. The quantitative estimate of drug-likeness (QED) is 0.793. The first-order chi connectivity index (χ1) is 8.15. The lowest BCUT2D eigenvalue weighted by atomic mass is 10.3. The Morgan fingerprint density at radius 1 is 1.53 bits per heavy atom. The average Bonchev–Trinajstić information content (AvgIpc) is 2.73. The van der Waals surface area contributed by atoms with Crippen molar-refractivity contribution in [2.45, 2.75) is 11.8 Å². The largest absolute Gasteiger partial charge is 0.484 e. The van der Waals surface area contributed by atoms with Gasteiger partial charge in [0, 0.05) is 18.1 Å². The molecule has 0 aliphatic carbocycles. The summed E-state index contributed by atoms with van der Waals surface area (Å²) >= 11 is 11.8. The summed E-state index contributed by atoms with van der Waals surface area (Å²) in [5.74, 6) is 0.570. The molecule has 1 amide bonds. The number of benzene rings is 1. The maximum atomic E-state index is 11.8. The summed E-state index contributed by atoms with van der Waals surface area (Å²) in [6.45, 7) is 1.36. The van der Waals surface area contributed by atoms with Crippen LogP contribution in [0.15, 0.2) is 24.3 Å². The fraction of sp³-hybridized carbons (Fsp3) is 0.417. The Morgan fingerprint density at radius 3 is 3.00 bits per heavy atom. The zero-order valence-corrected chi connectivity index (χ0v) is 10.7. The van der Waals surface area contributed by atoms with E-state index < -0.39 is 0 Å². The molecule has 0 saturated carbocycles. The molecule has 0 spiro atoms. The van der Waals surface area contributed by atoms with Crippen molar-refractivity contribution < 1.29 is 9.53 Å². The van der Waals surface area contributed by atoms with E-state index in [-0.39, 0.29) is 17.9 Å². The van der Waals surface area contributed by atoms with Crippen LogP contribution in [0.2, 0.25) is 5.02 Å². The number of rotatable bonds is 3. The van der Waals surface area contributed by atoms with Crippen LogP contribution in [-0.2, 0) is 4.79 Å². The third-order valence-corrected chi connectivity index (χ3v) is 3.23. The van der Waals surface area contributed by atoms with Crippen molar-refractivity contribution in [2.75, 3.05) is 19.7 Å². The van der Waals surface area contributed by atoms with Crippen LogP contribution in [0, 0.1) is 0 Å². The lowest BCUT2D eigenvalue weighted by Gasteiger charge is -2.15.